The van der Waals surface area contributed by atoms with E-state index in [9.17, 15) is 9.59 Å². The van der Waals surface area contributed by atoms with E-state index in [4.69, 9.17) is 14.9 Å². The molecule has 1 fully saturated rings. The molecule has 2 N–H and O–H groups in total. The molecule has 2 aliphatic rings. The third-order valence-corrected chi connectivity index (χ3v) is 3.02. The van der Waals surface area contributed by atoms with Crippen LogP contribution in [0.25, 0.3) is 0 Å². The van der Waals surface area contributed by atoms with E-state index in [1.54, 1.807) is 0 Å². The number of aliphatic hydroxyl groups excluding tert-OH is 2. The molecule has 0 aromatic rings. The van der Waals surface area contributed by atoms with Crippen molar-refractivity contribution in [1.29, 1.82) is 0 Å². The molecular weight excluding hydrogens is 272 g/mol. The second kappa shape index (κ2) is 9.68. The van der Waals surface area contributed by atoms with Gasteiger partial charge in [-0.3, -0.25) is 4.79 Å². The molecule has 2 rings (SSSR count). The lowest BCUT2D eigenvalue weighted by molar-refractivity contribution is -0.143. The molecule has 0 aliphatic heterocycles. The second-order valence-electron chi connectivity index (χ2n) is 6.41. The minimum Gasteiger partial charge on any atom is -0.465 e. The van der Waals surface area contributed by atoms with Crippen LogP contribution in [0.4, 0.5) is 0 Å². The largest absolute Gasteiger partial charge is 0.465 e. The van der Waals surface area contributed by atoms with Crippen molar-refractivity contribution in [3.8, 4) is 0 Å². The molecule has 1 saturated carbocycles. The highest BCUT2D eigenvalue weighted by Gasteiger charge is 2.49. The van der Waals surface area contributed by atoms with Crippen LogP contribution < -0.4 is 0 Å². The van der Waals surface area contributed by atoms with E-state index in [1.807, 2.05) is 20.8 Å². The first-order chi connectivity index (χ1) is 9.76. The SMILES string of the molecule is CC(=O)OCC(C)(C)C.O=CC1C2C=CCC12.OCCO. The third kappa shape index (κ3) is 9.37. The van der Waals surface area contributed by atoms with Gasteiger partial charge in [0.2, 0.25) is 0 Å². The topological polar surface area (TPSA) is 83.8 Å². The Bertz CT molecular complexity index is 337. The van der Waals surface area contributed by atoms with Crippen LogP contribution in [-0.2, 0) is 14.3 Å². The van der Waals surface area contributed by atoms with Gasteiger partial charge >= 0.3 is 5.97 Å². The number of hydrogen-bond acceptors (Lipinski definition) is 5. The lowest BCUT2D eigenvalue weighted by atomic mass is 9.99. The van der Waals surface area contributed by atoms with Gasteiger partial charge in [-0.15, -0.1) is 0 Å². The third-order valence-electron chi connectivity index (χ3n) is 3.02. The summed E-state index contributed by atoms with van der Waals surface area (Å²) < 4.78 is 4.77. The molecule has 5 nitrogen and oxygen atoms in total. The number of allylic oxidation sites excluding steroid dienone is 2. The summed E-state index contributed by atoms with van der Waals surface area (Å²) >= 11 is 0. The average Bonchev–Trinajstić information content (AvgIpc) is 2.86. The number of esters is 1. The zero-order chi connectivity index (χ0) is 16.5. The molecule has 0 heterocycles. The van der Waals surface area contributed by atoms with Gasteiger partial charge < -0.3 is 19.7 Å². The molecule has 0 radical (unpaired) electrons. The first kappa shape index (κ1) is 19.8. The van der Waals surface area contributed by atoms with Crippen molar-refractivity contribution in [3.63, 3.8) is 0 Å². The van der Waals surface area contributed by atoms with E-state index in [0.29, 0.717) is 24.4 Å². The molecule has 0 spiro atoms. The van der Waals surface area contributed by atoms with Gasteiger partial charge in [0.15, 0.2) is 0 Å². The minimum atomic E-state index is -0.204. The van der Waals surface area contributed by atoms with Gasteiger partial charge in [-0.05, 0) is 23.7 Å². The van der Waals surface area contributed by atoms with Gasteiger partial charge in [-0.1, -0.05) is 32.9 Å². The number of ether oxygens (including phenoxy) is 1. The number of aldehydes is 1. The Labute approximate surface area is 127 Å². The van der Waals surface area contributed by atoms with Crippen molar-refractivity contribution in [2.24, 2.45) is 23.2 Å². The van der Waals surface area contributed by atoms with Gasteiger partial charge in [0, 0.05) is 12.8 Å². The van der Waals surface area contributed by atoms with Gasteiger partial charge in [0.1, 0.15) is 6.29 Å². The summed E-state index contributed by atoms with van der Waals surface area (Å²) in [5.74, 6) is 1.56. The highest BCUT2D eigenvalue weighted by molar-refractivity contribution is 5.65. The lowest BCUT2D eigenvalue weighted by Crippen LogP contribution is -2.16. The zero-order valence-corrected chi connectivity index (χ0v) is 13.4. The standard InChI is InChI=1S/C7H14O2.C7H8O.C2H6O2/c1-6(8)9-5-7(2,3)4;8-4-7-5-2-1-3-6(5)7;3-1-2-4/h5H2,1-4H3;1-2,4-7H,3H2;3-4H,1-2H2. The Kier molecular flexibility index (Phi) is 9.13. The Morgan fingerprint density at radius 2 is 1.90 bits per heavy atom. The summed E-state index contributed by atoms with van der Waals surface area (Å²) in [6.07, 6.45) is 6.59. The molecule has 0 aromatic heterocycles. The van der Waals surface area contributed by atoms with Crippen molar-refractivity contribution in [2.45, 2.75) is 34.1 Å². The first-order valence-electron chi connectivity index (χ1n) is 7.24. The molecule has 5 heteroatoms. The van der Waals surface area contributed by atoms with Crippen molar-refractivity contribution in [1.82, 2.24) is 0 Å². The van der Waals surface area contributed by atoms with Gasteiger partial charge in [-0.25, -0.2) is 0 Å². The highest BCUT2D eigenvalue weighted by atomic mass is 16.5. The Hall–Kier alpha value is -1.20. The fourth-order valence-corrected chi connectivity index (χ4v) is 1.92. The molecule has 21 heavy (non-hydrogen) atoms. The minimum absolute atomic E-state index is 0.0890. The first-order valence-corrected chi connectivity index (χ1v) is 7.24. The van der Waals surface area contributed by atoms with Crippen molar-refractivity contribution in [3.05, 3.63) is 12.2 Å². The number of rotatable bonds is 3. The number of hydrogen-bond donors (Lipinski definition) is 2. The van der Waals surface area contributed by atoms with Crippen LogP contribution in [0.1, 0.15) is 34.1 Å². The molecule has 0 amide bonds. The lowest BCUT2D eigenvalue weighted by Gasteiger charge is -2.16. The predicted octanol–water partition coefficient (Wildman–Crippen LogP) is 1.57. The number of aliphatic hydroxyl groups is 2. The molecule has 0 saturated heterocycles. The van der Waals surface area contributed by atoms with Gasteiger partial charge in [0.25, 0.3) is 0 Å². The normalized spacial score (nSPS) is 24.8. The van der Waals surface area contributed by atoms with Crippen molar-refractivity contribution in [2.75, 3.05) is 19.8 Å². The highest BCUT2D eigenvalue weighted by Crippen LogP contribution is 2.52. The quantitative estimate of drug-likeness (QED) is 0.469. The maximum Gasteiger partial charge on any atom is 0.302 e. The summed E-state index contributed by atoms with van der Waals surface area (Å²) in [6.45, 7) is 7.75. The van der Waals surface area contributed by atoms with Crippen LogP contribution in [0.3, 0.4) is 0 Å². The molecule has 0 bridgehead atoms. The fourth-order valence-electron chi connectivity index (χ4n) is 1.92. The smallest absolute Gasteiger partial charge is 0.302 e. The van der Waals surface area contributed by atoms with Crippen LogP contribution in [-0.4, -0.2) is 42.3 Å². The molecule has 2 aliphatic carbocycles. The van der Waals surface area contributed by atoms with Gasteiger partial charge in [-0.2, -0.15) is 0 Å². The zero-order valence-electron chi connectivity index (χ0n) is 13.4. The summed E-state index contributed by atoms with van der Waals surface area (Å²) in [6, 6.07) is 0. The number of carbonyl (C=O) groups is 2. The number of fused-ring (bicyclic) bond motifs is 1. The monoisotopic (exact) mass is 300 g/mol. The Morgan fingerprint density at radius 1 is 1.33 bits per heavy atom. The summed E-state index contributed by atoms with van der Waals surface area (Å²) in [5, 5.41) is 15.2. The van der Waals surface area contributed by atoms with E-state index in [2.05, 4.69) is 12.2 Å². The molecule has 122 valence electrons. The van der Waals surface area contributed by atoms with Crippen molar-refractivity contribution < 1.29 is 24.5 Å². The molecule has 3 atom stereocenters. The summed E-state index contributed by atoms with van der Waals surface area (Å²) in [4.78, 5) is 20.4. The molecule has 3 unspecified atom stereocenters. The summed E-state index contributed by atoms with van der Waals surface area (Å²) in [5.41, 5.74) is 0.0890. The molecule has 0 aromatic carbocycles. The summed E-state index contributed by atoms with van der Waals surface area (Å²) in [7, 11) is 0. The van der Waals surface area contributed by atoms with Gasteiger partial charge in [0.05, 0.1) is 19.8 Å². The van der Waals surface area contributed by atoms with Crippen LogP contribution in [0.2, 0.25) is 0 Å². The second-order valence-corrected chi connectivity index (χ2v) is 6.41. The fraction of sp³-hybridized carbons (Fsp3) is 0.750. The van der Waals surface area contributed by atoms with E-state index < -0.39 is 0 Å². The van der Waals surface area contributed by atoms with E-state index in [1.165, 1.54) is 6.92 Å². The van der Waals surface area contributed by atoms with Crippen molar-refractivity contribution >= 4 is 12.3 Å². The maximum atomic E-state index is 10.3. The maximum absolute atomic E-state index is 10.3. The number of carbonyl (C=O) groups excluding carboxylic acids is 2. The average molecular weight is 300 g/mol. The van der Waals surface area contributed by atoms with E-state index in [0.717, 1.165) is 12.7 Å². The van der Waals surface area contributed by atoms with Crippen LogP contribution >= 0.6 is 0 Å². The van der Waals surface area contributed by atoms with Crippen LogP contribution in [0.15, 0.2) is 12.2 Å². The molecular formula is C16H28O5. The van der Waals surface area contributed by atoms with E-state index >= 15 is 0 Å². The Morgan fingerprint density at radius 3 is 2.10 bits per heavy atom. The van der Waals surface area contributed by atoms with E-state index in [-0.39, 0.29) is 24.6 Å². The van der Waals surface area contributed by atoms with Crippen LogP contribution in [0, 0.1) is 23.2 Å². The Balaban J connectivity index is 0.000000307. The predicted molar refractivity (Wildman–Crippen MR) is 80.6 cm³/mol. The van der Waals surface area contributed by atoms with Crippen LogP contribution in [0.5, 0.6) is 0 Å².